The van der Waals surface area contributed by atoms with E-state index in [1.165, 1.54) is 17.0 Å². The van der Waals surface area contributed by atoms with Crippen molar-refractivity contribution in [2.24, 2.45) is 0 Å². The lowest BCUT2D eigenvalue weighted by atomic mass is 10.2. The average Bonchev–Trinajstić information content (AvgIpc) is 3.13. The third kappa shape index (κ3) is 9.59. The lowest BCUT2D eigenvalue weighted by Crippen LogP contribution is -2.41. The monoisotopic (exact) mass is 452 g/mol. The van der Waals surface area contributed by atoms with Crippen molar-refractivity contribution in [1.29, 1.82) is 5.26 Å². The van der Waals surface area contributed by atoms with Gasteiger partial charge in [0, 0.05) is 37.7 Å². The van der Waals surface area contributed by atoms with E-state index in [-0.39, 0.29) is 31.1 Å². The number of aromatic nitrogens is 1. The molecule has 32 heavy (non-hydrogen) atoms. The van der Waals surface area contributed by atoms with Crippen LogP contribution < -0.4 is 10.6 Å². The van der Waals surface area contributed by atoms with Crippen LogP contribution >= 0.6 is 0 Å². The maximum absolute atomic E-state index is 13.3. The molecule has 1 aliphatic rings. The fraction of sp³-hybridized carbons (Fsp3) is 0.389. The number of aliphatic carboxylic acids is 2. The number of anilines is 1. The van der Waals surface area contributed by atoms with Gasteiger partial charge in [-0.05, 0) is 6.07 Å². The molecule has 1 fully saturated rings. The number of halogens is 1. The fourth-order valence-electron chi connectivity index (χ4n) is 2.50. The van der Waals surface area contributed by atoms with E-state index >= 15 is 0 Å². The van der Waals surface area contributed by atoms with Gasteiger partial charge in [-0.3, -0.25) is 14.9 Å². The third-order valence-electron chi connectivity index (χ3n) is 3.93. The summed E-state index contributed by atoms with van der Waals surface area (Å²) in [5.74, 6) is -2.34. The summed E-state index contributed by atoms with van der Waals surface area (Å²) in [6.07, 6.45) is 1.19. The second-order valence-corrected chi connectivity index (χ2v) is 6.30. The van der Waals surface area contributed by atoms with Gasteiger partial charge in [-0.2, -0.15) is 5.26 Å². The zero-order chi connectivity index (χ0) is 24.1. The van der Waals surface area contributed by atoms with Crippen LogP contribution in [0.1, 0.15) is 6.42 Å². The van der Waals surface area contributed by atoms with Crippen molar-refractivity contribution >= 4 is 29.4 Å². The Kier molecular flexibility index (Phi) is 10.7. The van der Waals surface area contributed by atoms with Crippen LogP contribution in [-0.2, 0) is 14.4 Å². The number of carbonyl (C=O) groups is 3. The second kappa shape index (κ2) is 13.2. The van der Waals surface area contributed by atoms with Gasteiger partial charge in [0.1, 0.15) is 24.2 Å². The molecule has 13 nitrogen and oxygen atoms in total. The zero-order valence-electron chi connectivity index (χ0n) is 16.7. The van der Waals surface area contributed by atoms with Gasteiger partial charge in [0.25, 0.3) is 5.69 Å². The summed E-state index contributed by atoms with van der Waals surface area (Å²) < 4.78 is 13.3. The van der Waals surface area contributed by atoms with Crippen LogP contribution in [0.25, 0.3) is 0 Å². The quantitative estimate of drug-likeness (QED) is 0.172. The number of carboxylic acids is 2. The first kappa shape index (κ1) is 25.9. The Balaban J connectivity index is 0.000000547. The van der Waals surface area contributed by atoms with Gasteiger partial charge in [-0.25, -0.2) is 19.0 Å². The van der Waals surface area contributed by atoms with E-state index in [1.807, 2.05) is 6.07 Å². The van der Waals surface area contributed by atoms with Gasteiger partial charge in [-0.1, -0.05) is 0 Å². The maximum atomic E-state index is 13.3. The smallest absolute Gasteiger partial charge is 0.328 e. The predicted octanol–water partition coefficient (Wildman–Crippen LogP) is 0.166. The largest absolute Gasteiger partial charge is 0.478 e. The van der Waals surface area contributed by atoms with Crippen molar-refractivity contribution in [3.63, 3.8) is 0 Å². The first-order valence-corrected chi connectivity index (χ1v) is 9.16. The topological polar surface area (TPSA) is 199 Å². The number of nitro groups is 1. The predicted molar refractivity (Wildman–Crippen MR) is 107 cm³/mol. The molecule has 0 spiro atoms. The summed E-state index contributed by atoms with van der Waals surface area (Å²) >= 11 is 0. The van der Waals surface area contributed by atoms with Gasteiger partial charge in [-0.15, -0.1) is 0 Å². The van der Waals surface area contributed by atoms with E-state index in [0.29, 0.717) is 31.1 Å². The summed E-state index contributed by atoms with van der Waals surface area (Å²) in [6.45, 7) is 0.865. The van der Waals surface area contributed by atoms with E-state index < -0.39 is 29.1 Å². The Hall–Kier alpha value is -4.12. The minimum absolute atomic E-state index is 0.0142. The molecule has 1 saturated heterocycles. The number of hydrogen-bond acceptors (Lipinski definition) is 9. The number of amides is 1. The summed E-state index contributed by atoms with van der Waals surface area (Å²) in [7, 11) is 0. The molecule has 0 unspecified atom stereocenters. The Labute approximate surface area is 181 Å². The first-order valence-electron chi connectivity index (χ1n) is 9.16. The molecule has 0 saturated carbocycles. The number of carboxylic acid groups (broad SMARTS) is 2. The van der Waals surface area contributed by atoms with Crippen LogP contribution in [-0.4, -0.2) is 81.3 Å². The molecule has 0 radical (unpaired) electrons. The van der Waals surface area contributed by atoms with Crippen molar-refractivity contribution < 1.29 is 33.9 Å². The summed E-state index contributed by atoms with van der Waals surface area (Å²) in [5.41, 5.74) is -0.0897. The fourth-order valence-corrected chi connectivity index (χ4v) is 2.50. The van der Waals surface area contributed by atoms with Crippen LogP contribution in [0.5, 0.6) is 0 Å². The average molecular weight is 452 g/mol. The van der Waals surface area contributed by atoms with Gasteiger partial charge >= 0.3 is 11.9 Å². The minimum Gasteiger partial charge on any atom is -0.478 e. The highest BCUT2D eigenvalue weighted by Crippen LogP contribution is 2.19. The maximum Gasteiger partial charge on any atom is 0.328 e. The third-order valence-corrected chi connectivity index (χ3v) is 3.93. The molecular formula is C18H21FN6O7. The molecule has 2 atom stereocenters. The molecule has 1 aliphatic heterocycles. The van der Waals surface area contributed by atoms with E-state index in [1.54, 1.807) is 0 Å². The van der Waals surface area contributed by atoms with E-state index in [9.17, 15) is 28.9 Å². The number of likely N-dealkylation sites (tertiary alicyclic amines) is 1. The lowest BCUT2D eigenvalue weighted by molar-refractivity contribution is -0.385. The highest BCUT2D eigenvalue weighted by atomic mass is 19.1. The van der Waals surface area contributed by atoms with Crippen molar-refractivity contribution in [3.05, 3.63) is 40.6 Å². The number of rotatable bonds is 9. The Morgan fingerprint density at radius 3 is 2.47 bits per heavy atom. The standard InChI is InChI=1S/C14H17FN6O3.C4H4O4/c15-10-5-12(6-16)20(9-10)14(22)8-17-3-4-18-13-2-1-11(7-19-13)21(23)24;5-3(6)1-2-4(7)8/h1-2,7,10,12,17H,3-5,8-9H2,(H,18,19);1-2H,(H,5,6)(H,7,8)/b;2-1-/t10-,12-;/m0./s1. The number of nitrogens with zero attached hydrogens (tertiary/aromatic N) is 4. The zero-order valence-corrected chi connectivity index (χ0v) is 16.7. The lowest BCUT2D eigenvalue weighted by Gasteiger charge is -2.19. The molecule has 1 aromatic rings. The van der Waals surface area contributed by atoms with Gasteiger partial charge in [0.05, 0.1) is 24.1 Å². The SMILES string of the molecule is N#C[C@@H]1C[C@H](F)CN1C(=O)CNCCNc1ccc([N+](=O)[O-])cn1.O=C(O)/C=C\C(=O)O. The van der Waals surface area contributed by atoms with Gasteiger partial charge in [0.2, 0.25) is 5.91 Å². The first-order chi connectivity index (χ1) is 15.1. The summed E-state index contributed by atoms with van der Waals surface area (Å²) in [5, 5.41) is 40.9. The molecule has 172 valence electrons. The molecule has 0 bridgehead atoms. The van der Waals surface area contributed by atoms with Crippen LogP contribution in [0.2, 0.25) is 0 Å². The molecule has 4 N–H and O–H groups in total. The number of nitriles is 1. The van der Waals surface area contributed by atoms with Crippen molar-refractivity contribution in [3.8, 4) is 6.07 Å². The number of carbonyl (C=O) groups excluding carboxylic acids is 1. The van der Waals surface area contributed by atoms with E-state index in [4.69, 9.17) is 15.5 Å². The molecule has 2 heterocycles. The second-order valence-electron chi connectivity index (χ2n) is 6.30. The highest BCUT2D eigenvalue weighted by molar-refractivity contribution is 5.89. The molecular weight excluding hydrogens is 431 g/mol. The molecule has 2 rings (SSSR count). The van der Waals surface area contributed by atoms with Crippen molar-refractivity contribution in [1.82, 2.24) is 15.2 Å². The van der Waals surface area contributed by atoms with Gasteiger partial charge < -0.3 is 25.7 Å². The highest BCUT2D eigenvalue weighted by Gasteiger charge is 2.34. The van der Waals surface area contributed by atoms with E-state index in [0.717, 1.165) is 6.20 Å². The van der Waals surface area contributed by atoms with Crippen LogP contribution in [0.4, 0.5) is 15.9 Å². The molecule has 0 aliphatic carbocycles. The normalized spacial score (nSPS) is 17.2. The molecule has 1 amide bonds. The summed E-state index contributed by atoms with van der Waals surface area (Å²) in [6, 6.07) is 4.07. The van der Waals surface area contributed by atoms with Crippen molar-refractivity contribution in [2.75, 3.05) is 31.5 Å². The Morgan fingerprint density at radius 2 is 1.97 bits per heavy atom. The number of pyridine rings is 1. The molecule has 14 heteroatoms. The molecule has 0 aromatic carbocycles. The Bertz CT molecular complexity index is 871. The van der Waals surface area contributed by atoms with Crippen LogP contribution in [0.15, 0.2) is 30.5 Å². The van der Waals surface area contributed by atoms with Gasteiger partial charge in [0.15, 0.2) is 0 Å². The minimum atomic E-state index is -1.26. The van der Waals surface area contributed by atoms with Crippen LogP contribution in [0, 0.1) is 21.4 Å². The van der Waals surface area contributed by atoms with Crippen LogP contribution in [0.3, 0.4) is 0 Å². The number of nitrogens with one attached hydrogen (secondary N) is 2. The van der Waals surface area contributed by atoms with Crippen molar-refractivity contribution in [2.45, 2.75) is 18.6 Å². The number of alkyl halides is 1. The Morgan fingerprint density at radius 1 is 1.31 bits per heavy atom. The van der Waals surface area contributed by atoms with E-state index in [2.05, 4.69) is 15.6 Å². The molecule has 1 aromatic heterocycles. The summed E-state index contributed by atoms with van der Waals surface area (Å²) in [4.78, 5) is 46.2. The number of hydrogen-bond donors (Lipinski definition) is 4.